The molecule has 39 heavy (non-hydrogen) atoms. The molecule has 3 aliphatic rings. The molecule has 3 fully saturated rings. The lowest BCUT2D eigenvalue weighted by atomic mass is 10.1. The standard InChI is InChI=1S/C27H25F3N4O4S/c28-27(29,30)39(37,38)20-10-8-19(9-11-20)34-24(35)26(12-13-26)33(25(34)36)17-18-16-23(32-14-4-1-5-15-32)31-22-7-3-2-6-21(18)22/h2-3,6-11,16H,1,4-5,12-15,17H2. The van der Waals surface area contributed by atoms with Crippen LogP contribution in [0.4, 0.5) is 29.5 Å². The van der Waals surface area contributed by atoms with Crippen molar-refractivity contribution in [2.75, 3.05) is 22.9 Å². The first-order valence-corrected chi connectivity index (χ1v) is 14.2. The van der Waals surface area contributed by atoms with Gasteiger partial charge in [-0.25, -0.2) is 23.1 Å². The number of carbonyl (C=O) groups is 2. The Morgan fingerprint density at radius 3 is 2.23 bits per heavy atom. The van der Waals surface area contributed by atoms with E-state index in [0.29, 0.717) is 12.8 Å². The van der Waals surface area contributed by atoms with Gasteiger partial charge in [0.2, 0.25) is 0 Å². The SMILES string of the molecule is O=C1N(c2ccc(S(=O)(=O)C(F)(F)F)cc2)C(=O)C2(CC2)N1Cc1cc(N2CCCCC2)nc2ccccc12. The molecule has 2 saturated heterocycles. The molecule has 1 spiro atoms. The fraction of sp³-hybridized carbons (Fsp3) is 0.370. The zero-order valence-electron chi connectivity index (χ0n) is 20.8. The number of aromatic nitrogens is 1. The van der Waals surface area contributed by atoms with Gasteiger partial charge in [0.1, 0.15) is 11.4 Å². The number of imide groups is 1. The molecule has 0 N–H and O–H groups in total. The highest BCUT2D eigenvalue weighted by molar-refractivity contribution is 7.92. The summed E-state index contributed by atoms with van der Waals surface area (Å²) < 4.78 is 62.3. The molecule has 3 amide bonds. The fourth-order valence-electron chi connectivity index (χ4n) is 5.49. The monoisotopic (exact) mass is 558 g/mol. The number of para-hydroxylation sites is 1. The van der Waals surface area contributed by atoms with E-state index in [1.807, 2.05) is 30.3 Å². The first-order chi connectivity index (χ1) is 18.5. The van der Waals surface area contributed by atoms with Gasteiger partial charge in [0, 0.05) is 25.0 Å². The van der Waals surface area contributed by atoms with Crippen LogP contribution >= 0.6 is 0 Å². The number of sulfone groups is 1. The Bertz CT molecular complexity index is 1580. The number of alkyl halides is 3. The Balaban J connectivity index is 1.34. The molecule has 0 bridgehead atoms. The molecule has 1 aliphatic carbocycles. The number of nitrogens with zero attached hydrogens (tertiary/aromatic N) is 4. The highest BCUT2D eigenvalue weighted by Crippen LogP contribution is 2.50. The molecule has 204 valence electrons. The van der Waals surface area contributed by atoms with Crippen LogP contribution in [-0.2, 0) is 21.2 Å². The van der Waals surface area contributed by atoms with Crippen molar-refractivity contribution in [3.8, 4) is 0 Å². The van der Waals surface area contributed by atoms with E-state index in [1.54, 1.807) is 0 Å². The van der Waals surface area contributed by atoms with Gasteiger partial charge in [-0.2, -0.15) is 13.2 Å². The predicted octanol–water partition coefficient (Wildman–Crippen LogP) is 5.02. The van der Waals surface area contributed by atoms with Crippen LogP contribution in [0.2, 0.25) is 0 Å². The van der Waals surface area contributed by atoms with Crippen molar-refractivity contribution in [3.05, 3.63) is 60.2 Å². The maximum absolute atomic E-state index is 13.6. The van der Waals surface area contributed by atoms with E-state index in [9.17, 15) is 31.2 Å². The van der Waals surface area contributed by atoms with Gasteiger partial charge >= 0.3 is 11.5 Å². The van der Waals surface area contributed by atoms with Crippen molar-refractivity contribution in [2.45, 2.75) is 54.6 Å². The molecular formula is C27H25F3N4O4S. The quantitative estimate of drug-likeness (QED) is 0.409. The Labute approximate surface area is 222 Å². The van der Waals surface area contributed by atoms with Gasteiger partial charge < -0.3 is 9.80 Å². The number of carbonyl (C=O) groups excluding carboxylic acids is 2. The average molecular weight is 559 g/mol. The number of piperidine rings is 1. The number of halogens is 3. The topological polar surface area (TPSA) is 90.9 Å². The molecule has 6 rings (SSSR count). The summed E-state index contributed by atoms with van der Waals surface area (Å²) in [4.78, 5) is 35.7. The lowest BCUT2D eigenvalue weighted by molar-refractivity contribution is -0.120. The van der Waals surface area contributed by atoms with E-state index in [2.05, 4.69) is 4.90 Å². The average Bonchev–Trinajstić information content (AvgIpc) is 3.70. The van der Waals surface area contributed by atoms with Gasteiger partial charge in [0.05, 0.1) is 16.1 Å². The van der Waals surface area contributed by atoms with Crippen molar-refractivity contribution in [2.24, 2.45) is 0 Å². The van der Waals surface area contributed by atoms with Crippen molar-refractivity contribution in [3.63, 3.8) is 0 Å². The van der Waals surface area contributed by atoms with Crippen molar-refractivity contribution in [1.82, 2.24) is 9.88 Å². The predicted molar refractivity (Wildman–Crippen MR) is 138 cm³/mol. The minimum atomic E-state index is -5.55. The van der Waals surface area contributed by atoms with Gasteiger partial charge in [-0.1, -0.05) is 18.2 Å². The number of amides is 3. The highest BCUT2D eigenvalue weighted by Gasteiger charge is 2.65. The summed E-state index contributed by atoms with van der Waals surface area (Å²) in [6.45, 7) is 1.94. The molecule has 2 aliphatic heterocycles. The minimum Gasteiger partial charge on any atom is -0.357 e. The molecule has 3 heterocycles. The smallest absolute Gasteiger partial charge is 0.357 e. The molecular weight excluding hydrogens is 533 g/mol. The molecule has 0 atom stereocenters. The lowest BCUT2D eigenvalue weighted by Gasteiger charge is -2.29. The van der Waals surface area contributed by atoms with Crippen molar-refractivity contribution >= 4 is 44.2 Å². The van der Waals surface area contributed by atoms with Crippen LogP contribution in [-0.4, -0.2) is 54.4 Å². The summed E-state index contributed by atoms with van der Waals surface area (Å²) >= 11 is 0. The van der Waals surface area contributed by atoms with E-state index >= 15 is 0 Å². The van der Waals surface area contributed by atoms with E-state index in [0.717, 1.165) is 77.4 Å². The van der Waals surface area contributed by atoms with Crippen LogP contribution in [0.15, 0.2) is 59.5 Å². The van der Waals surface area contributed by atoms with Gasteiger partial charge in [-0.15, -0.1) is 0 Å². The third kappa shape index (κ3) is 4.12. The van der Waals surface area contributed by atoms with Crippen LogP contribution in [0, 0.1) is 0 Å². The van der Waals surface area contributed by atoms with Crippen LogP contribution in [0.25, 0.3) is 10.9 Å². The number of pyridine rings is 1. The van der Waals surface area contributed by atoms with Crippen LogP contribution in [0.3, 0.4) is 0 Å². The molecule has 0 radical (unpaired) electrons. The highest BCUT2D eigenvalue weighted by atomic mass is 32.2. The maximum atomic E-state index is 13.6. The zero-order chi connectivity index (χ0) is 27.6. The number of benzene rings is 2. The van der Waals surface area contributed by atoms with Crippen molar-refractivity contribution < 1.29 is 31.2 Å². The third-order valence-corrected chi connectivity index (χ3v) is 9.27. The molecule has 8 nitrogen and oxygen atoms in total. The van der Waals surface area contributed by atoms with Gasteiger partial charge in [0.15, 0.2) is 0 Å². The van der Waals surface area contributed by atoms with E-state index in [-0.39, 0.29) is 12.2 Å². The second kappa shape index (κ2) is 8.94. The molecule has 2 aromatic carbocycles. The normalized spacial score (nSPS) is 19.4. The van der Waals surface area contributed by atoms with E-state index in [4.69, 9.17) is 4.98 Å². The Kier molecular flexibility index (Phi) is 5.87. The summed E-state index contributed by atoms with van der Waals surface area (Å²) in [5.74, 6) is 0.359. The minimum absolute atomic E-state index is 0.0218. The van der Waals surface area contributed by atoms with Crippen LogP contribution in [0.1, 0.15) is 37.7 Å². The largest absolute Gasteiger partial charge is 0.501 e. The Morgan fingerprint density at radius 1 is 0.923 bits per heavy atom. The van der Waals surface area contributed by atoms with E-state index < -0.39 is 37.7 Å². The molecule has 0 unspecified atom stereocenters. The van der Waals surface area contributed by atoms with Gasteiger partial charge in [0.25, 0.3) is 15.7 Å². The summed E-state index contributed by atoms with van der Waals surface area (Å²) in [7, 11) is -5.55. The first-order valence-electron chi connectivity index (χ1n) is 12.7. The van der Waals surface area contributed by atoms with Gasteiger partial charge in [-0.05, 0) is 74.1 Å². The lowest BCUT2D eigenvalue weighted by Crippen LogP contribution is -2.36. The summed E-state index contributed by atoms with van der Waals surface area (Å²) in [6, 6.07) is 12.7. The van der Waals surface area contributed by atoms with Crippen LogP contribution in [0.5, 0.6) is 0 Å². The van der Waals surface area contributed by atoms with Gasteiger partial charge in [-0.3, -0.25) is 4.79 Å². The number of urea groups is 1. The summed E-state index contributed by atoms with van der Waals surface area (Å²) in [6.07, 6.45) is 4.25. The second-order valence-corrected chi connectivity index (χ2v) is 12.1. The van der Waals surface area contributed by atoms with Crippen LogP contribution < -0.4 is 9.80 Å². The number of anilines is 2. The molecule has 1 aromatic heterocycles. The Hall–Kier alpha value is -3.67. The number of hydrogen-bond acceptors (Lipinski definition) is 6. The Morgan fingerprint density at radius 2 is 1.59 bits per heavy atom. The molecule has 12 heteroatoms. The number of fused-ring (bicyclic) bond motifs is 1. The summed E-state index contributed by atoms with van der Waals surface area (Å²) in [5, 5.41) is 0.870. The number of rotatable bonds is 5. The second-order valence-electron chi connectivity index (χ2n) is 10.2. The number of hydrogen-bond donors (Lipinski definition) is 0. The first kappa shape index (κ1) is 25.6. The maximum Gasteiger partial charge on any atom is 0.501 e. The summed E-state index contributed by atoms with van der Waals surface area (Å²) in [5.41, 5.74) is -4.82. The third-order valence-electron chi connectivity index (χ3n) is 7.77. The van der Waals surface area contributed by atoms with Crippen molar-refractivity contribution in [1.29, 1.82) is 0 Å². The molecule has 3 aromatic rings. The zero-order valence-corrected chi connectivity index (χ0v) is 21.6. The molecule has 1 saturated carbocycles. The fourth-order valence-corrected chi connectivity index (χ4v) is 6.25. The van der Waals surface area contributed by atoms with E-state index in [1.165, 1.54) is 11.3 Å².